The highest BCUT2D eigenvalue weighted by atomic mass is 32.2. The van der Waals surface area contributed by atoms with Gasteiger partial charge in [0.05, 0.1) is 4.91 Å². The molecule has 0 aliphatic heterocycles. The summed E-state index contributed by atoms with van der Waals surface area (Å²) in [5.41, 5.74) is 0. The van der Waals surface area contributed by atoms with Crippen LogP contribution in [0.4, 0.5) is 0 Å². The fraction of sp³-hybridized carbons (Fsp3) is 0.200. The van der Waals surface area contributed by atoms with Crippen LogP contribution in [0.5, 0.6) is 0 Å². The third kappa shape index (κ3) is 2.15. The average molecular weight is 226 g/mol. The Kier molecular flexibility index (Phi) is 2.32. The van der Waals surface area contributed by atoms with E-state index in [4.69, 9.17) is 9.11 Å². The molecule has 0 aromatic heterocycles. The molecule has 6 nitrogen and oxygen atoms in total. The van der Waals surface area contributed by atoms with Crippen molar-refractivity contribution in [3.63, 3.8) is 0 Å². The lowest BCUT2D eigenvalue weighted by molar-refractivity contribution is 0.472. The van der Waals surface area contributed by atoms with Gasteiger partial charge in [-0.05, 0) is 6.08 Å². The summed E-state index contributed by atoms with van der Waals surface area (Å²) in [6.07, 6.45) is 2.99. The van der Waals surface area contributed by atoms with Gasteiger partial charge in [-0.3, -0.25) is 9.11 Å². The Hall–Kier alpha value is -0.700. The standard InChI is InChI=1S/C5H6O6S2/c6-12(7,8)4-2-1-3-5(4)13(9,10)11/h1-4H,(H,6,7,8)(H,9,10,11). The molecule has 0 aromatic carbocycles. The maximum Gasteiger partial charge on any atom is 0.292 e. The summed E-state index contributed by atoms with van der Waals surface area (Å²) < 4.78 is 59.4. The molecule has 1 rings (SSSR count). The Bertz CT molecular complexity index is 465. The normalized spacial score (nSPS) is 23.2. The molecule has 0 bridgehead atoms. The summed E-state index contributed by atoms with van der Waals surface area (Å²) in [5, 5.41) is -1.69. The van der Waals surface area contributed by atoms with Gasteiger partial charge in [0.1, 0.15) is 5.25 Å². The molecule has 0 saturated carbocycles. The van der Waals surface area contributed by atoms with Crippen LogP contribution in [-0.2, 0) is 20.2 Å². The Morgan fingerprint density at radius 3 is 2.00 bits per heavy atom. The van der Waals surface area contributed by atoms with Crippen molar-refractivity contribution in [3.8, 4) is 0 Å². The van der Waals surface area contributed by atoms with Crippen molar-refractivity contribution in [1.82, 2.24) is 0 Å². The van der Waals surface area contributed by atoms with Crippen LogP contribution in [-0.4, -0.2) is 31.2 Å². The molecule has 8 heteroatoms. The van der Waals surface area contributed by atoms with E-state index in [0.717, 1.165) is 18.2 Å². The Morgan fingerprint density at radius 2 is 1.69 bits per heavy atom. The lowest BCUT2D eigenvalue weighted by Crippen LogP contribution is -2.23. The van der Waals surface area contributed by atoms with Crippen LogP contribution in [0.1, 0.15) is 0 Å². The van der Waals surface area contributed by atoms with E-state index >= 15 is 0 Å². The highest BCUT2D eigenvalue weighted by Crippen LogP contribution is 2.22. The van der Waals surface area contributed by atoms with Crippen molar-refractivity contribution < 1.29 is 25.9 Å². The topological polar surface area (TPSA) is 109 Å². The van der Waals surface area contributed by atoms with E-state index in [9.17, 15) is 16.8 Å². The molecular weight excluding hydrogens is 220 g/mol. The summed E-state index contributed by atoms with van der Waals surface area (Å²) in [4.78, 5) is -0.741. The van der Waals surface area contributed by atoms with Crippen LogP contribution >= 0.6 is 0 Å². The molecular formula is C5H6O6S2. The second-order valence-electron chi connectivity index (χ2n) is 2.36. The first kappa shape index (κ1) is 10.4. The van der Waals surface area contributed by atoms with Crippen molar-refractivity contribution in [2.24, 2.45) is 0 Å². The summed E-state index contributed by atoms with van der Waals surface area (Å²) in [5.74, 6) is 0. The summed E-state index contributed by atoms with van der Waals surface area (Å²) in [6.45, 7) is 0. The van der Waals surface area contributed by atoms with Crippen molar-refractivity contribution in [3.05, 3.63) is 23.1 Å². The van der Waals surface area contributed by atoms with E-state index in [1.165, 1.54) is 0 Å². The molecule has 1 aliphatic rings. The summed E-state index contributed by atoms with van der Waals surface area (Å²) >= 11 is 0. The van der Waals surface area contributed by atoms with Crippen LogP contribution < -0.4 is 0 Å². The van der Waals surface area contributed by atoms with Gasteiger partial charge in [0.2, 0.25) is 0 Å². The van der Waals surface area contributed by atoms with Gasteiger partial charge >= 0.3 is 0 Å². The third-order valence-electron chi connectivity index (χ3n) is 1.45. The molecule has 0 heterocycles. The van der Waals surface area contributed by atoms with Crippen LogP contribution in [0.15, 0.2) is 23.1 Å². The molecule has 0 radical (unpaired) electrons. The van der Waals surface area contributed by atoms with Crippen molar-refractivity contribution in [2.75, 3.05) is 0 Å². The molecule has 1 atom stereocenters. The molecule has 1 unspecified atom stereocenters. The second-order valence-corrected chi connectivity index (χ2v) is 5.32. The van der Waals surface area contributed by atoms with E-state index in [-0.39, 0.29) is 0 Å². The smallest absolute Gasteiger partial charge is 0.285 e. The first-order chi connectivity index (χ1) is 5.73. The zero-order chi connectivity index (χ0) is 10.3. The molecule has 2 N–H and O–H groups in total. The third-order valence-corrected chi connectivity index (χ3v) is 3.63. The maximum atomic E-state index is 10.6. The van der Waals surface area contributed by atoms with Gasteiger partial charge in [-0.25, -0.2) is 0 Å². The molecule has 0 spiro atoms. The summed E-state index contributed by atoms with van der Waals surface area (Å²) in [7, 11) is -9.10. The maximum absolute atomic E-state index is 10.6. The Morgan fingerprint density at radius 1 is 1.15 bits per heavy atom. The van der Waals surface area contributed by atoms with Crippen molar-refractivity contribution >= 4 is 20.2 Å². The van der Waals surface area contributed by atoms with Gasteiger partial charge in [0.15, 0.2) is 0 Å². The molecule has 1 aliphatic carbocycles. The lowest BCUT2D eigenvalue weighted by Gasteiger charge is -2.06. The van der Waals surface area contributed by atoms with Crippen molar-refractivity contribution in [2.45, 2.75) is 5.25 Å². The Balaban J connectivity index is 3.22. The van der Waals surface area contributed by atoms with Gasteiger partial charge in [0, 0.05) is 0 Å². The van der Waals surface area contributed by atoms with Crippen LogP contribution in [0.2, 0.25) is 0 Å². The fourth-order valence-corrected chi connectivity index (χ4v) is 2.93. The number of rotatable bonds is 2. The fourth-order valence-electron chi connectivity index (χ4n) is 0.920. The van der Waals surface area contributed by atoms with E-state index < -0.39 is 30.4 Å². The zero-order valence-corrected chi connectivity index (χ0v) is 7.79. The highest BCUT2D eigenvalue weighted by molar-refractivity contribution is 7.93. The number of allylic oxidation sites excluding steroid dienone is 2. The van der Waals surface area contributed by atoms with Gasteiger partial charge in [-0.15, -0.1) is 0 Å². The second kappa shape index (κ2) is 2.91. The molecule has 0 aromatic rings. The zero-order valence-electron chi connectivity index (χ0n) is 6.15. The first-order valence-electron chi connectivity index (χ1n) is 3.05. The first-order valence-corrected chi connectivity index (χ1v) is 5.99. The number of hydrogen-bond donors (Lipinski definition) is 2. The van der Waals surface area contributed by atoms with E-state index in [2.05, 4.69) is 0 Å². The Labute approximate surface area is 75.1 Å². The minimum atomic E-state index is -4.58. The van der Waals surface area contributed by atoms with Crippen LogP contribution in [0.3, 0.4) is 0 Å². The van der Waals surface area contributed by atoms with Gasteiger partial charge in [0.25, 0.3) is 20.2 Å². The number of hydrogen-bond acceptors (Lipinski definition) is 4. The van der Waals surface area contributed by atoms with Gasteiger partial charge < -0.3 is 0 Å². The largest absolute Gasteiger partial charge is 0.292 e. The van der Waals surface area contributed by atoms with Gasteiger partial charge in [-0.1, -0.05) is 12.2 Å². The van der Waals surface area contributed by atoms with Crippen LogP contribution in [0, 0.1) is 0 Å². The minimum absolute atomic E-state index is 0.741. The lowest BCUT2D eigenvalue weighted by atomic mass is 10.5. The van der Waals surface area contributed by atoms with Crippen LogP contribution in [0.25, 0.3) is 0 Å². The molecule has 0 amide bonds. The van der Waals surface area contributed by atoms with Crippen molar-refractivity contribution in [1.29, 1.82) is 0 Å². The predicted molar refractivity (Wildman–Crippen MR) is 44.1 cm³/mol. The minimum Gasteiger partial charge on any atom is -0.285 e. The van der Waals surface area contributed by atoms with E-state index in [1.807, 2.05) is 0 Å². The highest BCUT2D eigenvalue weighted by Gasteiger charge is 2.34. The van der Waals surface area contributed by atoms with E-state index in [0.29, 0.717) is 0 Å². The molecule has 0 saturated heterocycles. The monoisotopic (exact) mass is 226 g/mol. The quantitative estimate of drug-likeness (QED) is 0.619. The molecule has 0 fully saturated rings. The SMILES string of the molecule is O=S(=O)(O)C1=CC=CC1S(=O)(=O)O. The predicted octanol–water partition coefficient (Wildman–Crippen LogP) is -0.416. The van der Waals surface area contributed by atoms with E-state index in [1.54, 1.807) is 0 Å². The summed E-state index contributed by atoms with van der Waals surface area (Å²) in [6, 6.07) is 0. The molecule has 13 heavy (non-hydrogen) atoms. The average Bonchev–Trinajstić information content (AvgIpc) is 2.27. The molecule has 74 valence electrons. The van der Waals surface area contributed by atoms with Gasteiger partial charge in [-0.2, -0.15) is 16.8 Å².